The second-order valence-corrected chi connectivity index (χ2v) is 8.86. The summed E-state index contributed by atoms with van der Waals surface area (Å²) in [5, 5.41) is 2.78. The van der Waals surface area contributed by atoms with E-state index in [1.165, 1.54) is 5.56 Å². The summed E-state index contributed by atoms with van der Waals surface area (Å²) >= 11 is 0. The van der Waals surface area contributed by atoms with Gasteiger partial charge in [0.25, 0.3) is 0 Å². The Bertz CT molecular complexity index is 604. The summed E-state index contributed by atoms with van der Waals surface area (Å²) in [6.07, 6.45) is 1.38. The molecule has 1 aliphatic heterocycles. The monoisotopic (exact) mass is 361 g/mol. The summed E-state index contributed by atoms with van der Waals surface area (Å²) in [7, 11) is -0.331. The third kappa shape index (κ3) is 5.48. The zero-order valence-corrected chi connectivity index (χ0v) is 17.1. The molecule has 1 amide bonds. The molecule has 1 aromatic carbocycles. The van der Waals surface area contributed by atoms with Gasteiger partial charge < -0.3 is 19.4 Å². The minimum absolute atomic E-state index is 0.330. The van der Waals surface area contributed by atoms with Crippen molar-refractivity contribution in [2.45, 2.75) is 78.1 Å². The maximum absolute atomic E-state index is 11.6. The molecule has 0 atom stereocenters. The summed E-state index contributed by atoms with van der Waals surface area (Å²) < 4.78 is 17.4. The van der Waals surface area contributed by atoms with Crippen molar-refractivity contribution in [2.75, 3.05) is 6.54 Å². The van der Waals surface area contributed by atoms with E-state index in [0.717, 1.165) is 18.3 Å². The van der Waals surface area contributed by atoms with Crippen molar-refractivity contribution in [2.24, 2.45) is 0 Å². The predicted molar refractivity (Wildman–Crippen MR) is 105 cm³/mol. The van der Waals surface area contributed by atoms with Crippen LogP contribution in [0.1, 0.15) is 60.5 Å². The number of carbonyl (C=O) groups is 1. The van der Waals surface area contributed by atoms with Crippen molar-refractivity contribution in [3.05, 3.63) is 29.8 Å². The van der Waals surface area contributed by atoms with Crippen LogP contribution in [-0.4, -0.2) is 36.6 Å². The maximum atomic E-state index is 11.6. The van der Waals surface area contributed by atoms with E-state index in [0.29, 0.717) is 6.54 Å². The molecule has 6 heteroatoms. The van der Waals surface area contributed by atoms with Crippen LogP contribution in [0, 0.1) is 0 Å². The molecule has 0 unspecified atom stereocenters. The quantitative estimate of drug-likeness (QED) is 0.645. The Morgan fingerprint density at radius 2 is 1.62 bits per heavy atom. The summed E-state index contributed by atoms with van der Waals surface area (Å²) in [5.74, 6) is 0. The summed E-state index contributed by atoms with van der Waals surface area (Å²) in [5.41, 5.74) is 1.12. The van der Waals surface area contributed by atoms with E-state index in [-0.39, 0.29) is 24.4 Å². The normalized spacial score (nSPS) is 18.7. The van der Waals surface area contributed by atoms with E-state index >= 15 is 0 Å². The van der Waals surface area contributed by atoms with Gasteiger partial charge in [0.2, 0.25) is 0 Å². The Morgan fingerprint density at radius 1 is 1.08 bits per heavy atom. The highest BCUT2D eigenvalue weighted by molar-refractivity contribution is 6.62. The molecule has 0 aromatic heterocycles. The standard InChI is InChI=1S/C20H32BNO4/c1-18(2,3)24-17(23)22-14-8-9-15-10-12-16(13-11-15)21-25-19(4,5)20(6,7)26-21/h10-13H,8-9,14H2,1-7H3,(H,22,23). The van der Waals surface area contributed by atoms with Crippen LogP contribution in [-0.2, 0) is 20.5 Å². The maximum Gasteiger partial charge on any atom is 0.494 e. The number of alkyl carbamates (subject to hydrolysis) is 1. The first-order chi connectivity index (χ1) is 11.9. The molecule has 1 heterocycles. The van der Waals surface area contributed by atoms with Crippen LogP contribution in [0.5, 0.6) is 0 Å². The predicted octanol–water partition coefficient (Wildman–Crippen LogP) is 3.44. The minimum atomic E-state index is -0.465. The average Bonchev–Trinajstić information content (AvgIpc) is 2.71. The molecule has 1 fully saturated rings. The zero-order valence-electron chi connectivity index (χ0n) is 17.1. The zero-order chi connectivity index (χ0) is 19.6. The van der Waals surface area contributed by atoms with E-state index < -0.39 is 5.60 Å². The largest absolute Gasteiger partial charge is 0.494 e. The smallest absolute Gasteiger partial charge is 0.444 e. The Labute approximate surface area is 157 Å². The van der Waals surface area contributed by atoms with Gasteiger partial charge in [-0.15, -0.1) is 0 Å². The van der Waals surface area contributed by atoms with Gasteiger partial charge >= 0.3 is 13.2 Å². The van der Waals surface area contributed by atoms with Crippen molar-refractivity contribution < 1.29 is 18.8 Å². The number of rotatable bonds is 5. The molecular formula is C20H32BNO4. The number of carbonyl (C=O) groups excluding carboxylic acids is 1. The van der Waals surface area contributed by atoms with Gasteiger partial charge in [-0.25, -0.2) is 4.79 Å². The third-order valence-electron chi connectivity index (χ3n) is 4.82. The van der Waals surface area contributed by atoms with E-state index in [1.54, 1.807) is 0 Å². The molecule has 0 aliphatic carbocycles. The van der Waals surface area contributed by atoms with Crippen molar-refractivity contribution in [3.8, 4) is 0 Å². The lowest BCUT2D eigenvalue weighted by Crippen LogP contribution is -2.41. The van der Waals surface area contributed by atoms with Gasteiger partial charge in [0, 0.05) is 6.54 Å². The van der Waals surface area contributed by atoms with Crippen LogP contribution in [0.25, 0.3) is 0 Å². The average molecular weight is 361 g/mol. The number of ether oxygens (including phenoxy) is 1. The van der Waals surface area contributed by atoms with Crippen LogP contribution >= 0.6 is 0 Å². The second kappa shape index (κ2) is 7.61. The lowest BCUT2D eigenvalue weighted by Gasteiger charge is -2.32. The fraction of sp³-hybridized carbons (Fsp3) is 0.650. The molecule has 26 heavy (non-hydrogen) atoms. The topological polar surface area (TPSA) is 56.8 Å². The highest BCUT2D eigenvalue weighted by atomic mass is 16.7. The van der Waals surface area contributed by atoms with Gasteiger partial charge in [0.05, 0.1) is 11.2 Å². The summed E-state index contributed by atoms with van der Waals surface area (Å²) in [6.45, 7) is 14.4. The molecule has 2 rings (SSSR count). The van der Waals surface area contributed by atoms with Crippen molar-refractivity contribution in [1.82, 2.24) is 5.32 Å². The number of amides is 1. The van der Waals surface area contributed by atoms with E-state index in [2.05, 4.69) is 57.3 Å². The van der Waals surface area contributed by atoms with Crippen LogP contribution in [0.4, 0.5) is 4.79 Å². The molecule has 0 spiro atoms. The lowest BCUT2D eigenvalue weighted by atomic mass is 9.78. The first-order valence-corrected chi connectivity index (χ1v) is 9.31. The first-order valence-electron chi connectivity index (χ1n) is 9.31. The molecule has 0 radical (unpaired) electrons. The van der Waals surface area contributed by atoms with E-state index in [1.807, 2.05) is 20.8 Å². The molecule has 1 N–H and O–H groups in total. The molecule has 1 aliphatic rings. The van der Waals surface area contributed by atoms with E-state index in [4.69, 9.17) is 14.0 Å². The number of hydrogen-bond acceptors (Lipinski definition) is 4. The molecule has 1 saturated heterocycles. The Morgan fingerprint density at radius 3 is 2.12 bits per heavy atom. The van der Waals surface area contributed by atoms with Gasteiger partial charge in [0.1, 0.15) is 5.60 Å². The van der Waals surface area contributed by atoms with Crippen LogP contribution < -0.4 is 10.8 Å². The second-order valence-electron chi connectivity index (χ2n) is 8.86. The third-order valence-corrected chi connectivity index (χ3v) is 4.82. The molecule has 1 aromatic rings. The van der Waals surface area contributed by atoms with Crippen molar-refractivity contribution >= 4 is 18.7 Å². The molecule has 144 valence electrons. The molecule has 0 saturated carbocycles. The van der Waals surface area contributed by atoms with Crippen LogP contribution in [0.15, 0.2) is 24.3 Å². The Balaban J connectivity index is 1.79. The van der Waals surface area contributed by atoms with Crippen molar-refractivity contribution in [1.29, 1.82) is 0 Å². The molecular weight excluding hydrogens is 329 g/mol. The molecule has 0 bridgehead atoms. The van der Waals surface area contributed by atoms with Gasteiger partial charge in [-0.05, 0) is 72.3 Å². The van der Waals surface area contributed by atoms with Crippen molar-refractivity contribution in [3.63, 3.8) is 0 Å². The number of aryl methyl sites for hydroxylation is 1. The van der Waals surface area contributed by atoms with Gasteiger partial charge in [0.15, 0.2) is 0 Å². The molecule has 5 nitrogen and oxygen atoms in total. The first kappa shape index (κ1) is 20.8. The Kier molecular flexibility index (Phi) is 6.08. The highest BCUT2D eigenvalue weighted by Crippen LogP contribution is 2.36. The number of nitrogens with one attached hydrogen (secondary N) is 1. The SMILES string of the molecule is CC(C)(C)OC(=O)NCCCc1ccc(B2OC(C)(C)C(C)(C)O2)cc1. The summed E-state index contributed by atoms with van der Waals surface area (Å²) in [6, 6.07) is 8.29. The minimum Gasteiger partial charge on any atom is -0.444 e. The number of benzene rings is 1. The Hall–Kier alpha value is -1.53. The van der Waals surface area contributed by atoms with Gasteiger partial charge in [-0.1, -0.05) is 24.3 Å². The van der Waals surface area contributed by atoms with E-state index in [9.17, 15) is 4.79 Å². The van der Waals surface area contributed by atoms with Gasteiger partial charge in [-0.2, -0.15) is 0 Å². The van der Waals surface area contributed by atoms with Gasteiger partial charge in [-0.3, -0.25) is 0 Å². The summed E-state index contributed by atoms with van der Waals surface area (Å²) in [4.78, 5) is 11.6. The van der Waals surface area contributed by atoms with Crippen LogP contribution in [0.3, 0.4) is 0 Å². The fourth-order valence-electron chi connectivity index (χ4n) is 2.62. The van der Waals surface area contributed by atoms with Crippen LogP contribution in [0.2, 0.25) is 0 Å². The fourth-order valence-corrected chi connectivity index (χ4v) is 2.62. The number of hydrogen-bond donors (Lipinski definition) is 1. The highest BCUT2D eigenvalue weighted by Gasteiger charge is 2.51. The lowest BCUT2D eigenvalue weighted by molar-refractivity contribution is 0.00578.